The Morgan fingerprint density at radius 2 is 2.00 bits per heavy atom. The summed E-state index contributed by atoms with van der Waals surface area (Å²) in [5.41, 5.74) is 6.80. The molecule has 1 fully saturated rings. The molecule has 27 heavy (non-hydrogen) atoms. The second-order valence-electron chi connectivity index (χ2n) is 6.29. The summed E-state index contributed by atoms with van der Waals surface area (Å²) in [4.78, 5) is 26.5. The van der Waals surface area contributed by atoms with Gasteiger partial charge in [0.2, 0.25) is 5.91 Å². The second-order valence-corrected chi connectivity index (χ2v) is 6.29. The smallest absolute Gasteiger partial charge is 0.254 e. The summed E-state index contributed by atoms with van der Waals surface area (Å²) in [6.07, 6.45) is 4.72. The number of nitrogens with one attached hydrogen (secondary N) is 1. The van der Waals surface area contributed by atoms with Crippen LogP contribution >= 0.6 is 12.4 Å². The maximum absolute atomic E-state index is 12.9. The summed E-state index contributed by atoms with van der Waals surface area (Å²) in [5.74, 6) is -0.0951. The van der Waals surface area contributed by atoms with Crippen molar-refractivity contribution in [1.29, 1.82) is 0 Å². The van der Waals surface area contributed by atoms with Crippen LogP contribution < -0.4 is 11.1 Å². The third-order valence-electron chi connectivity index (χ3n) is 4.52. The fraction of sp³-hybridized carbons (Fsp3) is 0.471. The lowest BCUT2D eigenvalue weighted by Gasteiger charge is -2.36. The third-order valence-corrected chi connectivity index (χ3v) is 4.52. The number of hydrogen-bond donors (Lipinski definition) is 2. The zero-order valence-electron chi connectivity index (χ0n) is 15.0. The quantitative estimate of drug-likeness (QED) is 0.739. The second kappa shape index (κ2) is 9.98. The number of tetrazole rings is 1. The maximum Gasteiger partial charge on any atom is 0.254 e. The molecule has 0 bridgehead atoms. The van der Waals surface area contributed by atoms with Gasteiger partial charge in [0.1, 0.15) is 6.33 Å². The first-order chi connectivity index (χ1) is 12.7. The summed E-state index contributed by atoms with van der Waals surface area (Å²) in [5, 5.41) is 13.9. The SMILES string of the molecule is Cl.NCCC(=O)NCC1CCCCN1C(=O)c1ccc(-n2cnnn2)cc1. The van der Waals surface area contributed by atoms with Gasteiger partial charge in [-0.15, -0.1) is 17.5 Å². The highest BCUT2D eigenvalue weighted by molar-refractivity contribution is 5.94. The molecule has 2 amide bonds. The van der Waals surface area contributed by atoms with Crippen molar-refractivity contribution >= 4 is 24.2 Å². The van der Waals surface area contributed by atoms with Crippen LogP contribution in [0.1, 0.15) is 36.0 Å². The van der Waals surface area contributed by atoms with Crippen LogP contribution in [-0.4, -0.2) is 62.6 Å². The standard InChI is InChI=1S/C17H23N7O2.ClH/c18-9-8-16(25)19-11-15-3-1-2-10-23(15)17(26)13-4-6-14(7-5-13)24-12-20-21-22-24;/h4-7,12,15H,1-3,8-11,18H2,(H,19,25);1H. The molecule has 3 rings (SSSR count). The molecule has 2 aromatic rings. The lowest BCUT2D eigenvalue weighted by molar-refractivity contribution is -0.121. The number of amides is 2. The van der Waals surface area contributed by atoms with E-state index in [9.17, 15) is 9.59 Å². The highest BCUT2D eigenvalue weighted by Crippen LogP contribution is 2.20. The van der Waals surface area contributed by atoms with E-state index in [1.807, 2.05) is 17.0 Å². The third kappa shape index (κ3) is 5.24. The molecule has 1 aromatic carbocycles. The van der Waals surface area contributed by atoms with Crippen LogP contribution in [0.25, 0.3) is 5.69 Å². The first kappa shape index (κ1) is 20.8. The molecular formula is C17H24ClN7O2. The van der Waals surface area contributed by atoms with E-state index in [0.717, 1.165) is 24.9 Å². The van der Waals surface area contributed by atoms with Gasteiger partial charge in [-0.25, -0.2) is 4.68 Å². The zero-order valence-corrected chi connectivity index (χ0v) is 15.8. The van der Waals surface area contributed by atoms with Gasteiger partial charge in [0.15, 0.2) is 0 Å². The van der Waals surface area contributed by atoms with E-state index in [0.29, 0.717) is 31.6 Å². The number of hydrogen-bond acceptors (Lipinski definition) is 6. The number of halogens is 1. The lowest BCUT2D eigenvalue weighted by atomic mass is 10.0. The van der Waals surface area contributed by atoms with Gasteiger partial charge >= 0.3 is 0 Å². The molecule has 0 saturated carbocycles. The van der Waals surface area contributed by atoms with Crippen molar-refractivity contribution < 1.29 is 9.59 Å². The topological polar surface area (TPSA) is 119 Å². The number of nitrogens with zero attached hydrogens (tertiary/aromatic N) is 5. The normalized spacial score (nSPS) is 16.5. The van der Waals surface area contributed by atoms with Crippen molar-refractivity contribution in [3.8, 4) is 5.69 Å². The van der Waals surface area contributed by atoms with Gasteiger partial charge in [0.05, 0.1) is 5.69 Å². The van der Waals surface area contributed by atoms with Crippen LogP contribution in [0.2, 0.25) is 0 Å². The zero-order chi connectivity index (χ0) is 18.4. The van der Waals surface area contributed by atoms with Gasteiger partial charge in [-0.3, -0.25) is 9.59 Å². The Kier molecular flexibility index (Phi) is 7.68. The van der Waals surface area contributed by atoms with Gasteiger partial charge in [-0.1, -0.05) is 0 Å². The Balaban J connectivity index is 0.00000261. The van der Waals surface area contributed by atoms with Gasteiger partial charge < -0.3 is 16.0 Å². The highest BCUT2D eigenvalue weighted by atomic mass is 35.5. The van der Waals surface area contributed by atoms with E-state index in [1.165, 1.54) is 11.0 Å². The molecule has 0 spiro atoms. The largest absolute Gasteiger partial charge is 0.354 e. The molecule has 0 radical (unpaired) electrons. The van der Waals surface area contributed by atoms with Crippen LogP contribution in [-0.2, 0) is 4.79 Å². The molecule has 1 aliphatic heterocycles. The summed E-state index contributed by atoms with van der Waals surface area (Å²) in [6.45, 7) is 1.49. The molecule has 1 aromatic heterocycles. The van der Waals surface area contributed by atoms with Crippen LogP contribution in [0, 0.1) is 0 Å². The highest BCUT2D eigenvalue weighted by Gasteiger charge is 2.27. The number of carbonyl (C=O) groups excluding carboxylic acids is 2. The Morgan fingerprint density at radius 3 is 2.67 bits per heavy atom. The average Bonchev–Trinajstić information content (AvgIpc) is 3.21. The van der Waals surface area contributed by atoms with E-state index in [4.69, 9.17) is 5.73 Å². The van der Waals surface area contributed by atoms with Crippen molar-refractivity contribution in [2.24, 2.45) is 5.73 Å². The molecule has 2 heterocycles. The van der Waals surface area contributed by atoms with E-state index in [-0.39, 0.29) is 30.3 Å². The molecule has 146 valence electrons. The number of nitrogens with two attached hydrogens (primary N) is 1. The fourth-order valence-electron chi connectivity index (χ4n) is 3.13. The number of likely N-dealkylation sites (tertiary alicyclic amines) is 1. The van der Waals surface area contributed by atoms with Crippen molar-refractivity contribution in [1.82, 2.24) is 30.4 Å². The number of carbonyl (C=O) groups is 2. The molecule has 9 nitrogen and oxygen atoms in total. The number of benzene rings is 1. The minimum Gasteiger partial charge on any atom is -0.354 e. The van der Waals surface area contributed by atoms with Gasteiger partial charge in [0, 0.05) is 37.7 Å². The summed E-state index contributed by atoms with van der Waals surface area (Å²) >= 11 is 0. The van der Waals surface area contributed by atoms with E-state index in [2.05, 4.69) is 20.8 Å². The molecule has 10 heteroatoms. The minimum absolute atomic E-state index is 0. The molecule has 3 N–H and O–H groups in total. The predicted molar refractivity (Wildman–Crippen MR) is 102 cm³/mol. The van der Waals surface area contributed by atoms with Crippen molar-refractivity contribution in [2.75, 3.05) is 19.6 Å². The van der Waals surface area contributed by atoms with Crippen LogP contribution in [0.5, 0.6) is 0 Å². The summed E-state index contributed by atoms with van der Waals surface area (Å²) < 4.78 is 1.53. The lowest BCUT2D eigenvalue weighted by Crippen LogP contribution is -2.49. The monoisotopic (exact) mass is 393 g/mol. The summed E-state index contributed by atoms with van der Waals surface area (Å²) in [6, 6.07) is 7.19. The first-order valence-electron chi connectivity index (χ1n) is 8.80. The molecule has 0 aliphatic carbocycles. The number of aromatic nitrogens is 4. The Bertz CT molecular complexity index is 736. The van der Waals surface area contributed by atoms with Crippen LogP contribution in [0.15, 0.2) is 30.6 Å². The molecular weight excluding hydrogens is 370 g/mol. The Morgan fingerprint density at radius 1 is 1.22 bits per heavy atom. The average molecular weight is 394 g/mol. The molecule has 1 unspecified atom stereocenters. The Labute approximate surface area is 163 Å². The van der Waals surface area contributed by atoms with Crippen LogP contribution in [0.3, 0.4) is 0 Å². The molecule has 1 saturated heterocycles. The van der Waals surface area contributed by atoms with Crippen molar-refractivity contribution in [2.45, 2.75) is 31.7 Å². The first-order valence-corrected chi connectivity index (χ1v) is 8.80. The molecule has 1 aliphatic rings. The number of piperidine rings is 1. The van der Waals surface area contributed by atoms with E-state index in [1.54, 1.807) is 12.1 Å². The van der Waals surface area contributed by atoms with Gasteiger partial charge in [-0.2, -0.15) is 0 Å². The molecule has 1 atom stereocenters. The minimum atomic E-state index is -0.0729. The van der Waals surface area contributed by atoms with E-state index >= 15 is 0 Å². The van der Waals surface area contributed by atoms with Gasteiger partial charge in [-0.05, 0) is 54.0 Å². The Hall–Kier alpha value is -2.52. The number of rotatable bonds is 6. The fourth-order valence-corrected chi connectivity index (χ4v) is 3.13. The van der Waals surface area contributed by atoms with Crippen molar-refractivity contribution in [3.63, 3.8) is 0 Å². The predicted octanol–water partition coefficient (Wildman–Crippen LogP) is 0.544. The summed E-state index contributed by atoms with van der Waals surface area (Å²) in [7, 11) is 0. The van der Waals surface area contributed by atoms with Crippen LogP contribution in [0.4, 0.5) is 0 Å². The van der Waals surface area contributed by atoms with E-state index < -0.39 is 0 Å². The maximum atomic E-state index is 12.9. The van der Waals surface area contributed by atoms with Gasteiger partial charge in [0.25, 0.3) is 5.91 Å². The van der Waals surface area contributed by atoms with Crippen molar-refractivity contribution in [3.05, 3.63) is 36.2 Å².